The van der Waals surface area contributed by atoms with Gasteiger partial charge in [-0.05, 0) is 41.9 Å². The van der Waals surface area contributed by atoms with Crippen LogP contribution in [0.5, 0.6) is 0 Å². The Labute approximate surface area is 103 Å². The Bertz CT molecular complexity index is 457. The Balaban J connectivity index is 2.24. The number of benzene rings is 1. The molecule has 0 amide bonds. The van der Waals surface area contributed by atoms with E-state index in [1.54, 1.807) is 0 Å². The summed E-state index contributed by atoms with van der Waals surface area (Å²) in [6.45, 7) is 6.74. The maximum Gasteiger partial charge on any atom is 0.0828 e. The molecule has 0 aliphatic heterocycles. The van der Waals surface area contributed by atoms with Crippen molar-refractivity contribution in [2.24, 2.45) is 11.3 Å². The van der Waals surface area contributed by atoms with Crippen LogP contribution in [-0.2, 0) is 5.41 Å². The summed E-state index contributed by atoms with van der Waals surface area (Å²) in [5.74, 6) is 0.628. The summed E-state index contributed by atoms with van der Waals surface area (Å²) in [5.41, 5.74) is 7.62. The van der Waals surface area contributed by atoms with Gasteiger partial charge in [0.15, 0.2) is 0 Å². The van der Waals surface area contributed by atoms with Crippen LogP contribution in [-0.4, -0.2) is 0 Å². The highest BCUT2D eigenvalue weighted by atomic mass is 14.6. The van der Waals surface area contributed by atoms with E-state index >= 15 is 0 Å². The van der Waals surface area contributed by atoms with Gasteiger partial charge in [-0.2, -0.15) is 5.26 Å². The summed E-state index contributed by atoms with van der Waals surface area (Å²) in [6.07, 6.45) is 1.91. The van der Waals surface area contributed by atoms with Crippen molar-refractivity contribution >= 4 is 5.69 Å². The van der Waals surface area contributed by atoms with E-state index in [1.165, 1.54) is 0 Å². The number of anilines is 1. The van der Waals surface area contributed by atoms with Crippen LogP contribution < -0.4 is 5.73 Å². The Morgan fingerprint density at radius 1 is 1.35 bits per heavy atom. The van der Waals surface area contributed by atoms with E-state index in [0.29, 0.717) is 11.3 Å². The molecule has 17 heavy (non-hydrogen) atoms. The van der Waals surface area contributed by atoms with Crippen LogP contribution in [0.3, 0.4) is 0 Å². The molecule has 2 heteroatoms. The van der Waals surface area contributed by atoms with Crippen molar-refractivity contribution < 1.29 is 0 Å². The first kappa shape index (κ1) is 12.0. The zero-order chi connectivity index (χ0) is 12.7. The second-order valence-electron chi connectivity index (χ2n) is 6.29. The van der Waals surface area contributed by atoms with Gasteiger partial charge in [-0.25, -0.2) is 0 Å². The highest BCUT2D eigenvalue weighted by Gasteiger charge is 2.49. The molecule has 1 fully saturated rings. The largest absolute Gasteiger partial charge is 0.399 e. The molecule has 0 atom stereocenters. The number of nitrogens with zero attached hydrogens (tertiary/aromatic N) is 1. The number of nitriles is 1. The fraction of sp³-hybridized carbons (Fsp3) is 0.533. The van der Waals surface area contributed by atoms with Crippen LogP contribution in [0.2, 0.25) is 0 Å². The molecule has 0 heterocycles. The number of nitrogen functional groups attached to an aromatic ring is 1. The minimum Gasteiger partial charge on any atom is -0.399 e. The van der Waals surface area contributed by atoms with E-state index in [4.69, 9.17) is 5.73 Å². The fourth-order valence-electron chi connectivity index (χ4n) is 2.62. The molecular weight excluding hydrogens is 208 g/mol. The van der Waals surface area contributed by atoms with Crippen molar-refractivity contribution in [2.75, 3.05) is 5.73 Å². The molecule has 2 rings (SSSR count). The summed E-state index contributed by atoms with van der Waals surface area (Å²) in [4.78, 5) is 0. The molecule has 0 aromatic heterocycles. The lowest BCUT2D eigenvalue weighted by Gasteiger charge is -2.49. The van der Waals surface area contributed by atoms with Gasteiger partial charge in [-0.3, -0.25) is 0 Å². The summed E-state index contributed by atoms with van der Waals surface area (Å²) in [6, 6.07) is 10.3. The summed E-state index contributed by atoms with van der Waals surface area (Å²) in [5, 5.41) is 9.47. The molecule has 0 spiro atoms. The molecule has 0 unspecified atom stereocenters. The fourth-order valence-corrected chi connectivity index (χ4v) is 2.62. The molecule has 0 bridgehead atoms. The van der Waals surface area contributed by atoms with E-state index in [1.807, 2.05) is 24.3 Å². The van der Waals surface area contributed by atoms with Gasteiger partial charge >= 0.3 is 0 Å². The highest BCUT2D eigenvalue weighted by molar-refractivity contribution is 5.47. The van der Waals surface area contributed by atoms with Crippen LogP contribution in [0.1, 0.15) is 39.2 Å². The van der Waals surface area contributed by atoms with Gasteiger partial charge in [0, 0.05) is 5.69 Å². The lowest BCUT2D eigenvalue weighted by atomic mass is 9.53. The van der Waals surface area contributed by atoms with Crippen molar-refractivity contribution in [3.63, 3.8) is 0 Å². The quantitative estimate of drug-likeness (QED) is 0.748. The Morgan fingerprint density at radius 3 is 2.47 bits per heavy atom. The Hall–Kier alpha value is -1.49. The topological polar surface area (TPSA) is 49.8 Å². The Kier molecular flexibility index (Phi) is 2.66. The molecule has 0 saturated heterocycles. The SMILES string of the molecule is CC(C)(C)C1CC(C#N)(c2cccc(N)c2)C1. The van der Waals surface area contributed by atoms with Crippen LogP contribution in [0.25, 0.3) is 0 Å². The van der Waals surface area contributed by atoms with Crippen molar-refractivity contribution in [3.05, 3.63) is 29.8 Å². The molecule has 2 N–H and O–H groups in total. The molecule has 1 aromatic rings. The minimum absolute atomic E-state index is 0.292. The average Bonchev–Trinajstić information content (AvgIpc) is 2.15. The predicted molar refractivity (Wildman–Crippen MR) is 70.3 cm³/mol. The minimum atomic E-state index is -0.298. The van der Waals surface area contributed by atoms with Crippen molar-refractivity contribution in [3.8, 4) is 6.07 Å². The molecule has 2 nitrogen and oxygen atoms in total. The number of nitrogens with two attached hydrogens (primary N) is 1. The maximum atomic E-state index is 9.47. The number of hydrogen-bond donors (Lipinski definition) is 1. The average molecular weight is 228 g/mol. The first-order valence-electron chi connectivity index (χ1n) is 6.15. The highest BCUT2D eigenvalue weighted by Crippen LogP contribution is 2.54. The van der Waals surface area contributed by atoms with Crippen LogP contribution in [0.15, 0.2) is 24.3 Å². The molecule has 90 valence electrons. The van der Waals surface area contributed by atoms with Crippen molar-refractivity contribution in [1.29, 1.82) is 5.26 Å². The Morgan fingerprint density at radius 2 is 2.00 bits per heavy atom. The van der Waals surface area contributed by atoms with Gasteiger partial charge in [0.2, 0.25) is 0 Å². The van der Waals surface area contributed by atoms with E-state index in [2.05, 4.69) is 26.8 Å². The third-order valence-electron chi connectivity index (χ3n) is 4.07. The first-order valence-corrected chi connectivity index (χ1v) is 6.15. The molecule has 1 saturated carbocycles. The monoisotopic (exact) mass is 228 g/mol. The van der Waals surface area contributed by atoms with E-state index in [9.17, 15) is 5.26 Å². The molecule has 1 aliphatic rings. The molecule has 1 aliphatic carbocycles. The summed E-state index contributed by atoms with van der Waals surface area (Å²) < 4.78 is 0. The molecule has 1 aromatic carbocycles. The molecule has 0 radical (unpaired) electrons. The lowest BCUT2D eigenvalue weighted by Crippen LogP contribution is -2.45. The van der Waals surface area contributed by atoms with Crippen LogP contribution in [0.4, 0.5) is 5.69 Å². The second kappa shape index (κ2) is 3.77. The first-order chi connectivity index (χ1) is 7.87. The standard InChI is InChI=1S/C15H20N2/c1-14(2,3)12-8-15(9-12,10-16)11-5-4-6-13(17)7-11/h4-7,12H,8-9,17H2,1-3H3. The lowest BCUT2D eigenvalue weighted by molar-refractivity contribution is 0.0783. The number of hydrogen-bond acceptors (Lipinski definition) is 2. The van der Waals surface area contributed by atoms with Crippen LogP contribution >= 0.6 is 0 Å². The van der Waals surface area contributed by atoms with Gasteiger partial charge < -0.3 is 5.73 Å². The third-order valence-corrected chi connectivity index (χ3v) is 4.07. The van der Waals surface area contributed by atoms with Crippen LogP contribution in [0, 0.1) is 22.7 Å². The van der Waals surface area contributed by atoms with Gasteiger partial charge in [0.1, 0.15) is 0 Å². The van der Waals surface area contributed by atoms with E-state index in [-0.39, 0.29) is 5.41 Å². The zero-order valence-corrected chi connectivity index (χ0v) is 10.8. The van der Waals surface area contributed by atoms with Crippen molar-refractivity contribution in [1.82, 2.24) is 0 Å². The summed E-state index contributed by atoms with van der Waals surface area (Å²) >= 11 is 0. The smallest absolute Gasteiger partial charge is 0.0828 e. The second-order valence-corrected chi connectivity index (χ2v) is 6.29. The van der Waals surface area contributed by atoms with E-state index in [0.717, 1.165) is 24.1 Å². The number of rotatable bonds is 1. The van der Waals surface area contributed by atoms with Crippen molar-refractivity contribution in [2.45, 2.75) is 39.0 Å². The van der Waals surface area contributed by atoms with Gasteiger partial charge in [0.25, 0.3) is 0 Å². The summed E-state index contributed by atoms with van der Waals surface area (Å²) in [7, 11) is 0. The molecular formula is C15H20N2. The van der Waals surface area contributed by atoms with Gasteiger partial charge in [0.05, 0.1) is 11.5 Å². The maximum absolute atomic E-state index is 9.47. The predicted octanol–water partition coefficient (Wildman–Crippen LogP) is 3.49. The normalized spacial score (nSPS) is 28.2. The zero-order valence-electron chi connectivity index (χ0n) is 10.8. The van der Waals surface area contributed by atoms with E-state index < -0.39 is 0 Å². The third kappa shape index (κ3) is 2.02. The van der Waals surface area contributed by atoms with Gasteiger partial charge in [-0.15, -0.1) is 0 Å². The van der Waals surface area contributed by atoms with Gasteiger partial charge in [-0.1, -0.05) is 32.9 Å².